The lowest BCUT2D eigenvalue weighted by Crippen LogP contribution is -2.04. The molecule has 3 aromatic rings. The van der Waals surface area contributed by atoms with Crippen molar-refractivity contribution < 1.29 is 13.9 Å². The fourth-order valence-corrected chi connectivity index (χ4v) is 2.26. The molecule has 0 aliphatic rings. The van der Waals surface area contributed by atoms with Gasteiger partial charge in [0.25, 0.3) is 0 Å². The summed E-state index contributed by atoms with van der Waals surface area (Å²) in [4.78, 5) is 19.9. The lowest BCUT2D eigenvalue weighted by atomic mass is 10.2. The zero-order chi connectivity index (χ0) is 18.4. The van der Waals surface area contributed by atoms with Crippen LogP contribution in [0.4, 0.5) is 27.4 Å². The van der Waals surface area contributed by atoms with E-state index in [1.807, 2.05) is 0 Å². The molecule has 0 amide bonds. The molecule has 1 aromatic heterocycles. The number of carbonyl (C=O) groups excluding carboxylic acids is 1. The first-order valence-electron chi connectivity index (χ1n) is 8.03. The average molecular weight is 352 g/mol. The van der Waals surface area contributed by atoms with Crippen LogP contribution >= 0.6 is 0 Å². The normalized spacial score (nSPS) is 10.2. The molecule has 0 spiro atoms. The molecule has 0 aliphatic carbocycles. The first-order chi connectivity index (χ1) is 12.6. The Bertz CT molecular complexity index is 900. The Labute approximate surface area is 150 Å². The Morgan fingerprint density at radius 2 is 1.69 bits per heavy atom. The van der Waals surface area contributed by atoms with Crippen LogP contribution in [0, 0.1) is 5.82 Å². The largest absolute Gasteiger partial charge is 0.462 e. The summed E-state index contributed by atoms with van der Waals surface area (Å²) >= 11 is 0. The van der Waals surface area contributed by atoms with Crippen LogP contribution in [0.2, 0.25) is 0 Å². The molecule has 0 radical (unpaired) electrons. The van der Waals surface area contributed by atoms with Gasteiger partial charge in [0.05, 0.1) is 12.2 Å². The predicted octanol–water partition coefficient (Wildman–Crippen LogP) is 4.28. The second kappa shape index (κ2) is 8.06. The summed E-state index contributed by atoms with van der Waals surface area (Å²) in [7, 11) is 0. The number of carbonyl (C=O) groups is 1. The molecule has 0 bridgehead atoms. The van der Waals surface area contributed by atoms with Crippen LogP contribution in [-0.2, 0) is 4.74 Å². The van der Waals surface area contributed by atoms with Crippen molar-refractivity contribution in [2.45, 2.75) is 6.92 Å². The predicted molar refractivity (Wildman–Crippen MR) is 97.4 cm³/mol. The van der Waals surface area contributed by atoms with Gasteiger partial charge in [-0.15, -0.1) is 0 Å². The smallest absolute Gasteiger partial charge is 0.338 e. The van der Waals surface area contributed by atoms with E-state index >= 15 is 0 Å². The maximum absolute atomic E-state index is 13.3. The van der Waals surface area contributed by atoms with Gasteiger partial charge in [0.1, 0.15) is 23.8 Å². The van der Waals surface area contributed by atoms with Crippen molar-refractivity contribution in [1.82, 2.24) is 9.97 Å². The van der Waals surface area contributed by atoms with Crippen molar-refractivity contribution >= 4 is 29.0 Å². The van der Waals surface area contributed by atoms with Gasteiger partial charge in [0.15, 0.2) is 0 Å². The molecule has 26 heavy (non-hydrogen) atoms. The molecule has 6 nitrogen and oxygen atoms in total. The van der Waals surface area contributed by atoms with E-state index in [9.17, 15) is 9.18 Å². The fourth-order valence-electron chi connectivity index (χ4n) is 2.26. The number of halogens is 1. The molecule has 0 aliphatic heterocycles. The van der Waals surface area contributed by atoms with Gasteiger partial charge in [0.2, 0.25) is 0 Å². The molecular weight excluding hydrogens is 335 g/mol. The van der Waals surface area contributed by atoms with Gasteiger partial charge in [-0.05, 0) is 49.4 Å². The molecule has 0 atom stereocenters. The number of aromatic nitrogens is 2. The Morgan fingerprint density at radius 3 is 2.35 bits per heavy atom. The minimum absolute atomic E-state index is 0.330. The molecule has 2 aromatic carbocycles. The summed E-state index contributed by atoms with van der Waals surface area (Å²) in [6.07, 6.45) is 1.40. The highest BCUT2D eigenvalue weighted by molar-refractivity contribution is 5.89. The molecule has 1 heterocycles. The second-order valence-electron chi connectivity index (χ2n) is 5.35. The van der Waals surface area contributed by atoms with Crippen LogP contribution in [-0.4, -0.2) is 22.5 Å². The van der Waals surface area contributed by atoms with E-state index in [2.05, 4.69) is 20.6 Å². The number of hydrogen-bond donors (Lipinski definition) is 2. The highest BCUT2D eigenvalue weighted by atomic mass is 19.1. The number of rotatable bonds is 6. The molecule has 3 rings (SSSR count). The number of esters is 1. The van der Waals surface area contributed by atoms with Crippen molar-refractivity contribution in [3.8, 4) is 0 Å². The van der Waals surface area contributed by atoms with E-state index in [-0.39, 0.29) is 11.8 Å². The van der Waals surface area contributed by atoms with Crippen LogP contribution in [0.3, 0.4) is 0 Å². The quantitative estimate of drug-likeness (QED) is 0.645. The van der Waals surface area contributed by atoms with Crippen molar-refractivity contribution in [3.05, 3.63) is 72.3 Å². The topological polar surface area (TPSA) is 76.1 Å². The lowest BCUT2D eigenvalue weighted by molar-refractivity contribution is 0.0526. The van der Waals surface area contributed by atoms with Crippen LogP contribution < -0.4 is 10.6 Å². The summed E-state index contributed by atoms with van der Waals surface area (Å²) in [6, 6.07) is 14.7. The van der Waals surface area contributed by atoms with Crippen LogP contribution in [0.1, 0.15) is 17.3 Å². The van der Waals surface area contributed by atoms with Crippen molar-refractivity contribution in [3.63, 3.8) is 0 Å². The summed E-state index contributed by atoms with van der Waals surface area (Å²) < 4.78 is 18.2. The third-order valence-electron chi connectivity index (χ3n) is 3.43. The molecule has 7 heteroatoms. The van der Waals surface area contributed by atoms with Crippen molar-refractivity contribution in [1.29, 1.82) is 0 Å². The minimum atomic E-state index is -0.359. The number of nitrogens with zero attached hydrogens (tertiary/aromatic N) is 2. The third-order valence-corrected chi connectivity index (χ3v) is 3.43. The minimum Gasteiger partial charge on any atom is -0.462 e. The van der Waals surface area contributed by atoms with Gasteiger partial charge < -0.3 is 15.4 Å². The van der Waals surface area contributed by atoms with Crippen LogP contribution in [0.15, 0.2) is 60.9 Å². The number of anilines is 4. The highest BCUT2D eigenvalue weighted by Crippen LogP contribution is 2.20. The molecule has 2 N–H and O–H groups in total. The standard InChI is InChI=1S/C19H17FN4O2/c1-2-26-19(25)13-6-8-15(9-7-13)23-17-11-18(22-12-21-17)24-16-5-3-4-14(20)10-16/h3-12H,2H2,1H3,(H2,21,22,23,24). The summed E-state index contributed by atoms with van der Waals surface area (Å²) in [5.41, 5.74) is 1.83. The monoisotopic (exact) mass is 352 g/mol. The van der Waals surface area contributed by atoms with E-state index in [1.54, 1.807) is 49.4 Å². The average Bonchev–Trinajstić information content (AvgIpc) is 2.63. The summed E-state index contributed by atoms with van der Waals surface area (Å²) in [5.74, 6) is 0.394. The number of benzene rings is 2. The zero-order valence-electron chi connectivity index (χ0n) is 14.1. The fraction of sp³-hybridized carbons (Fsp3) is 0.105. The first-order valence-corrected chi connectivity index (χ1v) is 8.03. The van der Waals surface area contributed by atoms with Crippen LogP contribution in [0.5, 0.6) is 0 Å². The second-order valence-corrected chi connectivity index (χ2v) is 5.35. The molecule has 0 unspecified atom stereocenters. The SMILES string of the molecule is CCOC(=O)c1ccc(Nc2cc(Nc3cccc(F)c3)ncn2)cc1. The molecule has 0 fully saturated rings. The first kappa shape index (κ1) is 17.3. The van der Waals surface area contributed by atoms with E-state index in [0.717, 1.165) is 5.69 Å². The van der Waals surface area contributed by atoms with Crippen molar-refractivity contribution in [2.24, 2.45) is 0 Å². The van der Waals surface area contributed by atoms with Gasteiger partial charge in [0, 0.05) is 17.4 Å². The number of hydrogen-bond acceptors (Lipinski definition) is 6. The van der Waals surface area contributed by atoms with E-state index in [4.69, 9.17) is 4.74 Å². The third kappa shape index (κ3) is 4.54. The maximum Gasteiger partial charge on any atom is 0.338 e. The molecule has 132 valence electrons. The Balaban J connectivity index is 1.69. The summed E-state index contributed by atoms with van der Waals surface area (Å²) in [6.45, 7) is 2.10. The van der Waals surface area contributed by atoms with Gasteiger partial charge in [-0.3, -0.25) is 0 Å². The molecular formula is C19H17FN4O2. The molecule has 0 saturated heterocycles. The van der Waals surface area contributed by atoms with Gasteiger partial charge >= 0.3 is 5.97 Å². The van der Waals surface area contributed by atoms with E-state index in [0.29, 0.717) is 29.5 Å². The number of ether oxygens (including phenoxy) is 1. The van der Waals surface area contributed by atoms with Crippen molar-refractivity contribution in [2.75, 3.05) is 17.2 Å². The number of nitrogens with one attached hydrogen (secondary N) is 2. The van der Waals surface area contributed by atoms with Gasteiger partial charge in [-0.1, -0.05) is 6.07 Å². The van der Waals surface area contributed by atoms with Gasteiger partial charge in [-0.25, -0.2) is 19.2 Å². The molecule has 0 saturated carbocycles. The Morgan fingerprint density at radius 1 is 1.00 bits per heavy atom. The Hall–Kier alpha value is -3.48. The van der Waals surface area contributed by atoms with E-state index < -0.39 is 0 Å². The van der Waals surface area contributed by atoms with E-state index in [1.165, 1.54) is 18.5 Å². The Kier molecular flexibility index (Phi) is 5.38. The maximum atomic E-state index is 13.3. The highest BCUT2D eigenvalue weighted by Gasteiger charge is 2.06. The van der Waals surface area contributed by atoms with Gasteiger partial charge in [-0.2, -0.15) is 0 Å². The van der Waals surface area contributed by atoms with Crippen LogP contribution in [0.25, 0.3) is 0 Å². The summed E-state index contributed by atoms with van der Waals surface area (Å²) in [5, 5.41) is 6.14. The lowest BCUT2D eigenvalue weighted by Gasteiger charge is -2.09. The zero-order valence-corrected chi connectivity index (χ0v) is 14.1.